The standard InChI is InChI=1S/C22H21N5O2S/c28-19(23-13-16-9-6-12-29-16)14-30-22-26-25-21-17-10-4-5-11-18(17)24-20(27(21)22)15-7-2-1-3-8-15/h1-5,7-8,10-11,16H,6,9,12-14H2,(H,23,28). The Hall–Kier alpha value is -2.97. The second-order valence-electron chi connectivity index (χ2n) is 7.19. The van der Waals surface area contributed by atoms with Crippen molar-refractivity contribution in [1.29, 1.82) is 0 Å². The summed E-state index contributed by atoms with van der Waals surface area (Å²) in [6.45, 7) is 1.34. The molecule has 1 saturated heterocycles. The van der Waals surface area contributed by atoms with Crippen molar-refractivity contribution in [3.63, 3.8) is 0 Å². The van der Waals surface area contributed by atoms with Crippen LogP contribution in [0.25, 0.3) is 27.9 Å². The van der Waals surface area contributed by atoms with Gasteiger partial charge < -0.3 is 10.1 Å². The summed E-state index contributed by atoms with van der Waals surface area (Å²) >= 11 is 1.36. The van der Waals surface area contributed by atoms with Crippen LogP contribution in [0.5, 0.6) is 0 Å². The lowest BCUT2D eigenvalue weighted by atomic mass is 10.2. The third-order valence-corrected chi connectivity index (χ3v) is 6.06. The van der Waals surface area contributed by atoms with Gasteiger partial charge >= 0.3 is 0 Å². The normalized spacial score (nSPS) is 16.3. The number of thioether (sulfide) groups is 1. The van der Waals surface area contributed by atoms with E-state index in [2.05, 4.69) is 15.5 Å². The lowest BCUT2D eigenvalue weighted by molar-refractivity contribution is -0.119. The first-order valence-electron chi connectivity index (χ1n) is 10.00. The monoisotopic (exact) mass is 419 g/mol. The number of fused-ring (bicyclic) bond motifs is 3. The molecule has 2 aromatic heterocycles. The highest BCUT2D eigenvalue weighted by molar-refractivity contribution is 7.99. The summed E-state index contributed by atoms with van der Waals surface area (Å²) in [5.74, 6) is 0.980. The summed E-state index contributed by atoms with van der Waals surface area (Å²) in [6.07, 6.45) is 2.19. The number of hydrogen-bond donors (Lipinski definition) is 1. The first kappa shape index (κ1) is 19.0. The molecule has 0 radical (unpaired) electrons. The number of rotatable bonds is 6. The van der Waals surface area contributed by atoms with Crippen molar-refractivity contribution in [2.75, 3.05) is 18.9 Å². The minimum Gasteiger partial charge on any atom is -0.376 e. The lowest BCUT2D eigenvalue weighted by Crippen LogP contribution is -2.32. The molecular formula is C22H21N5O2S. The smallest absolute Gasteiger partial charge is 0.230 e. The van der Waals surface area contributed by atoms with Crippen molar-refractivity contribution in [3.8, 4) is 11.4 Å². The van der Waals surface area contributed by atoms with Gasteiger partial charge in [-0.1, -0.05) is 54.2 Å². The van der Waals surface area contributed by atoms with Gasteiger partial charge in [0.1, 0.15) is 5.82 Å². The first-order chi connectivity index (χ1) is 14.8. The van der Waals surface area contributed by atoms with Gasteiger partial charge in [0.2, 0.25) is 5.91 Å². The largest absolute Gasteiger partial charge is 0.376 e. The third-order valence-electron chi connectivity index (χ3n) is 5.13. The molecule has 3 heterocycles. The zero-order chi connectivity index (χ0) is 20.3. The number of aromatic nitrogens is 4. The van der Waals surface area contributed by atoms with Gasteiger partial charge in [-0.15, -0.1) is 10.2 Å². The minimum absolute atomic E-state index is 0.0396. The molecule has 8 heteroatoms. The molecule has 1 unspecified atom stereocenters. The fraction of sp³-hybridized carbons (Fsp3) is 0.273. The van der Waals surface area contributed by atoms with Crippen LogP contribution in [0.4, 0.5) is 0 Å². The Balaban J connectivity index is 1.45. The predicted octanol–water partition coefficient (Wildman–Crippen LogP) is 3.33. The molecule has 1 amide bonds. The Morgan fingerprint density at radius 2 is 1.97 bits per heavy atom. The van der Waals surface area contributed by atoms with E-state index in [-0.39, 0.29) is 17.8 Å². The van der Waals surface area contributed by atoms with Crippen LogP contribution in [0, 0.1) is 0 Å². The number of ether oxygens (including phenoxy) is 1. The van der Waals surface area contributed by atoms with E-state index in [1.54, 1.807) is 0 Å². The first-order valence-corrected chi connectivity index (χ1v) is 11.0. The molecule has 30 heavy (non-hydrogen) atoms. The second-order valence-corrected chi connectivity index (χ2v) is 8.13. The van der Waals surface area contributed by atoms with E-state index in [0.717, 1.165) is 47.4 Å². The number of benzene rings is 2. The van der Waals surface area contributed by atoms with Gasteiger partial charge in [-0.2, -0.15) is 0 Å². The highest BCUT2D eigenvalue weighted by Gasteiger charge is 2.19. The van der Waals surface area contributed by atoms with Crippen molar-refractivity contribution in [1.82, 2.24) is 24.9 Å². The molecule has 4 aromatic rings. The number of para-hydroxylation sites is 1. The van der Waals surface area contributed by atoms with Crippen LogP contribution in [-0.4, -0.2) is 50.5 Å². The van der Waals surface area contributed by atoms with Crippen LogP contribution in [0.2, 0.25) is 0 Å². The zero-order valence-corrected chi connectivity index (χ0v) is 17.1. The summed E-state index contributed by atoms with van der Waals surface area (Å²) in [6, 6.07) is 17.9. The Bertz CT molecular complexity index is 1190. The predicted molar refractivity (Wildman–Crippen MR) is 116 cm³/mol. The minimum atomic E-state index is -0.0396. The number of nitrogens with one attached hydrogen (secondary N) is 1. The van der Waals surface area contributed by atoms with E-state index in [1.165, 1.54) is 11.8 Å². The highest BCUT2D eigenvalue weighted by Crippen LogP contribution is 2.28. The molecule has 0 bridgehead atoms. The fourth-order valence-corrected chi connectivity index (χ4v) is 4.41. The Kier molecular flexibility index (Phi) is 5.33. The Morgan fingerprint density at radius 1 is 1.13 bits per heavy atom. The molecule has 5 rings (SSSR count). The van der Waals surface area contributed by atoms with E-state index in [0.29, 0.717) is 11.7 Å². The van der Waals surface area contributed by atoms with Gasteiger partial charge in [0.05, 0.1) is 17.4 Å². The second kappa shape index (κ2) is 8.41. The molecule has 1 atom stereocenters. The van der Waals surface area contributed by atoms with Crippen molar-refractivity contribution in [2.45, 2.75) is 24.1 Å². The van der Waals surface area contributed by atoms with Gasteiger partial charge in [-0.3, -0.25) is 9.20 Å². The van der Waals surface area contributed by atoms with Gasteiger partial charge in [-0.05, 0) is 25.0 Å². The molecule has 0 saturated carbocycles. The molecule has 1 aliphatic heterocycles. The van der Waals surface area contributed by atoms with Gasteiger partial charge in [0.15, 0.2) is 10.8 Å². The summed E-state index contributed by atoms with van der Waals surface area (Å²) in [4.78, 5) is 17.2. The van der Waals surface area contributed by atoms with Crippen LogP contribution in [0.1, 0.15) is 12.8 Å². The number of carbonyl (C=O) groups excluding carboxylic acids is 1. The number of amides is 1. The lowest BCUT2D eigenvalue weighted by Gasteiger charge is -2.11. The van der Waals surface area contributed by atoms with Crippen molar-refractivity contribution < 1.29 is 9.53 Å². The fourth-order valence-electron chi connectivity index (χ4n) is 3.65. The molecule has 1 fully saturated rings. The Labute approximate surface area is 177 Å². The highest BCUT2D eigenvalue weighted by atomic mass is 32.2. The van der Waals surface area contributed by atoms with Crippen molar-refractivity contribution in [2.24, 2.45) is 0 Å². The van der Waals surface area contributed by atoms with Crippen LogP contribution in [-0.2, 0) is 9.53 Å². The molecule has 2 aromatic carbocycles. The molecule has 0 aliphatic carbocycles. The average molecular weight is 420 g/mol. The van der Waals surface area contributed by atoms with E-state index in [9.17, 15) is 4.79 Å². The van der Waals surface area contributed by atoms with E-state index in [4.69, 9.17) is 9.72 Å². The SMILES string of the molecule is O=C(CSc1nnc2c3ccccc3nc(-c3ccccc3)n12)NCC1CCCO1. The number of nitrogens with zero attached hydrogens (tertiary/aromatic N) is 4. The maximum atomic E-state index is 12.3. The van der Waals surface area contributed by atoms with Gasteiger partial charge in [0.25, 0.3) is 0 Å². The van der Waals surface area contributed by atoms with E-state index < -0.39 is 0 Å². The third kappa shape index (κ3) is 3.76. The Morgan fingerprint density at radius 3 is 2.80 bits per heavy atom. The van der Waals surface area contributed by atoms with Gasteiger partial charge in [-0.25, -0.2) is 4.98 Å². The molecule has 1 N–H and O–H groups in total. The number of hydrogen-bond acceptors (Lipinski definition) is 6. The zero-order valence-electron chi connectivity index (χ0n) is 16.3. The molecule has 7 nitrogen and oxygen atoms in total. The van der Waals surface area contributed by atoms with E-state index >= 15 is 0 Å². The molecular weight excluding hydrogens is 398 g/mol. The van der Waals surface area contributed by atoms with Crippen LogP contribution in [0.3, 0.4) is 0 Å². The summed E-state index contributed by atoms with van der Waals surface area (Å²) in [5.41, 5.74) is 2.57. The summed E-state index contributed by atoms with van der Waals surface area (Å²) in [7, 11) is 0. The maximum absolute atomic E-state index is 12.3. The number of carbonyl (C=O) groups is 1. The topological polar surface area (TPSA) is 81.4 Å². The molecule has 0 spiro atoms. The maximum Gasteiger partial charge on any atom is 0.230 e. The van der Waals surface area contributed by atoms with Crippen molar-refractivity contribution in [3.05, 3.63) is 54.6 Å². The quantitative estimate of drug-likeness (QED) is 0.483. The van der Waals surface area contributed by atoms with Gasteiger partial charge in [0, 0.05) is 24.1 Å². The molecule has 1 aliphatic rings. The van der Waals surface area contributed by atoms with Crippen LogP contribution < -0.4 is 5.32 Å². The van der Waals surface area contributed by atoms with E-state index in [1.807, 2.05) is 59.0 Å². The van der Waals surface area contributed by atoms with Crippen LogP contribution in [0.15, 0.2) is 59.8 Å². The summed E-state index contributed by atoms with van der Waals surface area (Å²) in [5, 5.41) is 13.3. The average Bonchev–Trinajstić information content (AvgIpc) is 3.46. The van der Waals surface area contributed by atoms with Crippen LogP contribution >= 0.6 is 11.8 Å². The summed E-state index contributed by atoms with van der Waals surface area (Å²) < 4.78 is 7.50. The van der Waals surface area contributed by atoms with Crippen molar-refractivity contribution >= 4 is 34.2 Å². The molecule has 152 valence electrons.